The molecule has 1 saturated heterocycles. The maximum atomic E-state index is 12.4. The molecule has 0 saturated carbocycles. The minimum atomic E-state index is -0.0450. The predicted molar refractivity (Wildman–Crippen MR) is 106 cm³/mol. The Balaban J connectivity index is 1.46. The topological polar surface area (TPSA) is 77.5 Å². The van der Waals surface area contributed by atoms with E-state index in [2.05, 4.69) is 43.9 Å². The third-order valence-corrected chi connectivity index (χ3v) is 4.74. The second-order valence-corrected chi connectivity index (χ2v) is 6.38. The van der Waals surface area contributed by atoms with Crippen molar-refractivity contribution in [1.82, 2.24) is 25.2 Å². The fraction of sp³-hybridized carbons (Fsp3) is 0.474. The molecule has 0 aliphatic carbocycles. The van der Waals surface area contributed by atoms with E-state index in [0.29, 0.717) is 19.6 Å². The number of aromatic nitrogens is 3. The molecule has 0 radical (unpaired) electrons. The number of piperazine rings is 1. The fourth-order valence-electron chi connectivity index (χ4n) is 3.11. The van der Waals surface area contributed by atoms with E-state index < -0.39 is 0 Å². The van der Waals surface area contributed by atoms with Crippen LogP contribution in [0.15, 0.2) is 36.8 Å². The van der Waals surface area contributed by atoms with Gasteiger partial charge in [-0.2, -0.15) is 0 Å². The van der Waals surface area contributed by atoms with E-state index in [1.54, 1.807) is 18.5 Å². The van der Waals surface area contributed by atoms with Gasteiger partial charge in [-0.3, -0.25) is 0 Å². The highest BCUT2D eigenvalue weighted by Crippen LogP contribution is 2.12. The molecule has 1 aliphatic heterocycles. The number of hydrogen-bond acceptors (Lipinski definition) is 6. The van der Waals surface area contributed by atoms with Crippen molar-refractivity contribution >= 4 is 17.8 Å². The van der Waals surface area contributed by atoms with Gasteiger partial charge in [-0.1, -0.05) is 6.07 Å². The second-order valence-electron chi connectivity index (χ2n) is 6.38. The zero-order valence-electron chi connectivity index (χ0n) is 16.0. The monoisotopic (exact) mass is 369 g/mol. The molecule has 3 heterocycles. The van der Waals surface area contributed by atoms with Crippen LogP contribution in [0.3, 0.4) is 0 Å². The lowest BCUT2D eigenvalue weighted by molar-refractivity contribution is 0.193. The molecule has 2 aromatic heterocycles. The van der Waals surface area contributed by atoms with Gasteiger partial charge >= 0.3 is 6.03 Å². The first-order valence-electron chi connectivity index (χ1n) is 9.46. The second kappa shape index (κ2) is 9.16. The molecule has 8 nitrogen and oxygen atoms in total. The summed E-state index contributed by atoms with van der Waals surface area (Å²) in [4.78, 5) is 31.6. The van der Waals surface area contributed by atoms with E-state index in [9.17, 15) is 4.79 Å². The molecule has 0 spiro atoms. The van der Waals surface area contributed by atoms with Gasteiger partial charge in [0, 0.05) is 64.4 Å². The number of nitrogens with zero attached hydrogens (tertiary/aromatic N) is 6. The molecule has 3 rings (SSSR count). The molecule has 0 atom stereocenters. The maximum absolute atomic E-state index is 12.4. The zero-order chi connectivity index (χ0) is 19.1. The largest absolute Gasteiger partial charge is 0.357 e. The van der Waals surface area contributed by atoms with E-state index in [-0.39, 0.29) is 6.03 Å². The number of carbonyl (C=O) groups is 1. The van der Waals surface area contributed by atoms with Gasteiger partial charge in [0.05, 0.1) is 0 Å². The molecule has 8 heteroatoms. The molecular weight excluding hydrogens is 342 g/mol. The first-order chi connectivity index (χ1) is 13.2. The lowest BCUT2D eigenvalue weighted by atomic mass is 10.2. The van der Waals surface area contributed by atoms with Crippen molar-refractivity contribution in [2.24, 2.45) is 0 Å². The Morgan fingerprint density at radius 1 is 1.07 bits per heavy atom. The lowest BCUT2D eigenvalue weighted by Crippen LogP contribution is -2.52. The number of pyridine rings is 1. The summed E-state index contributed by atoms with van der Waals surface area (Å²) in [6.07, 6.45) is 5.31. The number of carbonyl (C=O) groups excluding carboxylic acids is 1. The summed E-state index contributed by atoms with van der Waals surface area (Å²) in [5.41, 5.74) is 0.996. The number of amides is 2. The van der Waals surface area contributed by atoms with Crippen LogP contribution in [0.4, 0.5) is 16.6 Å². The van der Waals surface area contributed by atoms with Crippen molar-refractivity contribution in [1.29, 1.82) is 0 Å². The Morgan fingerprint density at radius 2 is 1.78 bits per heavy atom. The van der Waals surface area contributed by atoms with Crippen LogP contribution in [0.1, 0.15) is 19.4 Å². The first kappa shape index (κ1) is 18.9. The smallest absolute Gasteiger partial charge is 0.317 e. The maximum Gasteiger partial charge on any atom is 0.317 e. The van der Waals surface area contributed by atoms with Gasteiger partial charge in [0.2, 0.25) is 5.95 Å². The number of anilines is 2. The van der Waals surface area contributed by atoms with Crippen LogP contribution in [-0.4, -0.2) is 65.2 Å². The van der Waals surface area contributed by atoms with Crippen LogP contribution >= 0.6 is 0 Å². The summed E-state index contributed by atoms with van der Waals surface area (Å²) in [6.45, 7) is 9.35. The Kier molecular flexibility index (Phi) is 6.40. The molecule has 1 N–H and O–H groups in total. The molecular formula is C19H27N7O. The predicted octanol–water partition coefficient (Wildman–Crippen LogP) is 1.75. The van der Waals surface area contributed by atoms with Crippen LogP contribution in [0.5, 0.6) is 0 Å². The number of hydrogen-bond donors (Lipinski definition) is 1. The van der Waals surface area contributed by atoms with Gasteiger partial charge in [0.15, 0.2) is 0 Å². The van der Waals surface area contributed by atoms with Crippen LogP contribution in [-0.2, 0) is 6.54 Å². The van der Waals surface area contributed by atoms with Crippen molar-refractivity contribution in [2.75, 3.05) is 49.1 Å². The van der Waals surface area contributed by atoms with E-state index in [4.69, 9.17) is 0 Å². The number of rotatable bonds is 6. The molecule has 2 amide bonds. The Bertz CT molecular complexity index is 711. The molecule has 144 valence electrons. The van der Waals surface area contributed by atoms with Gasteiger partial charge in [-0.25, -0.2) is 19.7 Å². The zero-order valence-corrected chi connectivity index (χ0v) is 16.0. The summed E-state index contributed by atoms with van der Waals surface area (Å²) in [5, 5.41) is 2.98. The molecule has 0 bridgehead atoms. The third-order valence-electron chi connectivity index (χ3n) is 4.74. The lowest BCUT2D eigenvalue weighted by Gasteiger charge is -2.34. The van der Waals surface area contributed by atoms with Crippen LogP contribution in [0, 0.1) is 0 Å². The van der Waals surface area contributed by atoms with Crippen molar-refractivity contribution < 1.29 is 4.79 Å². The van der Waals surface area contributed by atoms with Crippen molar-refractivity contribution in [3.8, 4) is 0 Å². The summed E-state index contributed by atoms with van der Waals surface area (Å²) in [6, 6.07) is 5.78. The standard InChI is InChI=1S/C19H27N7O/c1-3-24(4-2)17-7-6-16(14-22-17)15-23-19(27)26-12-10-25(11-13-26)18-20-8-5-9-21-18/h5-9,14H,3-4,10-13,15H2,1-2H3,(H,23,27). The van der Waals surface area contributed by atoms with Crippen LogP contribution in [0.25, 0.3) is 0 Å². The summed E-state index contributed by atoms with van der Waals surface area (Å²) in [5.74, 6) is 1.69. The Morgan fingerprint density at radius 3 is 2.37 bits per heavy atom. The fourth-order valence-corrected chi connectivity index (χ4v) is 3.11. The summed E-state index contributed by atoms with van der Waals surface area (Å²) < 4.78 is 0. The average Bonchev–Trinajstić information content (AvgIpc) is 2.74. The van der Waals surface area contributed by atoms with E-state index in [1.807, 2.05) is 23.2 Å². The molecule has 2 aromatic rings. The average molecular weight is 369 g/mol. The van der Waals surface area contributed by atoms with Gasteiger partial charge < -0.3 is 20.0 Å². The van der Waals surface area contributed by atoms with Crippen LogP contribution < -0.4 is 15.1 Å². The number of urea groups is 1. The Hall–Kier alpha value is -2.90. The normalized spacial score (nSPS) is 14.1. The third kappa shape index (κ3) is 4.84. The summed E-state index contributed by atoms with van der Waals surface area (Å²) >= 11 is 0. The minimum Gasteiger partial charge on any atom is -0.357 e. The molecule has 0 unspecified atom stereocenters. The molecule has 0 aromatic carbocycles. The van der Waals surface area contributed by atoms with Crippen molar-refractivity contribution in [2.45, 2.75) is 20.4 Å². The quantitative estimate of drug-likeness (QED) is 0.836. The van der Waals surface area contributed by atoms with Crippen molar-refractivity contribution in [3.63, 3.8) is 0 Å². The molecule has 27 heavy (non-hydrogen) atoms. The first-order valence-corrected chi connectivity index (χ1v) is 9.46. The summed E-state index contributed by atoms with van der Waals surface area (Å²) in [7, 11) is 0. The van der Waals surface area contributed by atoms with Gasteiger partial charge in [-0.15, -0.1) is 0 Å². The molecule has 1 aliphatic rings. The van der Waals surface area contributed by atoms with E-state index >= 15 is 0 Å². The highest BCUT2D eigenvalue weighted by atomic mass is 16.2. The van der Waals surface area contributed by atoms with Crippen LogP contribution in [0.2, 0.25) is 0 Å². The van der Waals surface area contributed by atoms with E-state index in [1.165, 1.54) is 0 Å². The minimum absolute atomic E-state index is 0.0450. The van der Waals surface area contributed by atoms with E-state index in [0.717, 1.165) is 43.5 Å². The Labute approximate surface area is 160 Å². The highest BCUT2D eigenvalue weighted by Gasteiger charge is 2.22. The van der Waals surface area contributed by atoms with Gasteiger partial charge in [-0.05, 0) is 31.5 Å². The van der Waals surface area contributed by atoms with Gasteiger partial charge in [0.25, 0.3) is 0 Å². The van der Waals surface area contributed by atoms with Crippen molar-refractivity contribution in [3.05, 3.63) is 42.4 Å². The van der Waals surface area contributed by atoms with Gasteiger partial charge in [0.1, 0.15) is 5.82 Å². The SMILES string of the molecule is CCN(CC)c1ccc(CNC(=O)N2CCN(c3ncccn3)CC2)cn1. The number of nitrogens with one attached hydrogen (secondary N) is 1. The molecule has 1 fully saturated rings. The highest BCUT2D eigenvalue weighted by molar-refractivity contribution is 5.74.